The number of anilines is 1. The molecule has 1 heterocycles. The molecule has 0 aliphatic rings. The number of carbonyl (C=O) groups excluding carboxylic acids is 1. The van der Waals surface area contributed by atoms with Crippen LogP contribution >= 0.6 is 0 Å². The second kappa shape index (κ2) is 7.00. The summed E-state index contributed by atoms with van der Waals surface area (Å²) in [5.74, 6) is 1.18. The highest BCUT2D eigenvalue weighted by Gasteiger charge is 2.11. The van der Waals surface area contributed by atoms with Crippen molar-refractivity contribution in [3.8, 4) is 0 Å². The molecule has 122 valence electrons. The van der Waals surface area contributed by atoms with E-state index in [1.165, 1.54) is 11.6 Å². The number of furan rings is 1. The molecule has 1 aromatic heterocycles. The topological polar surface area (TPSA) is 66.6 Å². The molecule has 1 amide bonds. The van der Waals surface area contributed by atoms with Gasteiger partial charge in [0, 0.05) is 5.69 Å². The van der Waals surface area contributed by atoms with Gasteiger partial charge in [0.15, 0.2) is 0 Å². The minimum Gasteiger partial charge on any atom is -0.460 e. The number of carbonyl (C=O) groups is 1. The van der Waals surface area contributed by atoms with Crippen molar-refractivity contribution in [3.05, 3.63) is 66.1 Å². The fraction of sp³-hybridized carbons (Fsp3) is 0.158. The first kappa shape index (κ1) is 15.8. The number of benzene rings is 2. The fourth-order valence-corrected chi connectivity index (χ4v) is 2.37. The summed E-state index contributed by atoms with van der Waals surface area (Å²) in [7, 11) is 0. The molecule has 5 nitrogen and oxygen atoms in total. The van der Waals surface area contributed by atoms with Gasteiger partial charge in [-0.2, -0.15) is 5.10 Å². The van der Waals surface area contributed by atoms with Gasteiger partial charge >= 0.3 is 0 Å². The molecule has 24 heavy (non-hydrogen) atoms. The molecule has 0 radical (unpaired) electrons. The molecule has 0 aliphatic heterocycles. The Balaban J connectivity index is 1.59. The summed E-state index contributed by atoms with van der Waals surface area (Å²) in [4.78, 5) is 12.1. The highest BCUT2D eigenvalue weighted by atomic mass is 16.3. The SMILES string of the molecule is Cc1ccc(/C=N/NC(=O)C(C)Nc2ccc3ccccc3c2)o1. The molecule has 0 saturated carbocycles. The number of hydrogen-bond donors (Lipinski definition) is 2. The quantitative estimate of drug-likeness (QED) is 0.556. The summed E-state index contributed by atoms with van der Waals surface area (Å²) in [6.07, 6.45) is 1.48. The Hall–Kier alpha value is -3.08. The van der Waals surface area contributed by atoms with Crippen LogP contribution in [-0.2, 0) is 4.79 Å². The van der Waals surface area contributed by atoms with Crippen LogP contribution in [0.3, 0.4) is 0 Å². The Kier molecular flexibility index (Phi) is 4.61. The van der Waals surface area contributed by atoms with Crippen LogP contribution in [0.2, 0.25) is 0 Å². The van der Waals surface area contributed by atoms with E-state index in [1.807, 2.05) is 49.4 Å². The lowest BCUT2D eigenvalue weighted by molar-refractivity contribution is -0.121. The molecule has 0 aliphatic carbocycles. The summed E-state index contributed by atoms with van der Waals surface area (Å²) >= 11 is 0. The zero-order valence-electron chi connectivity index (χ0n) is 13.6. The van der Waals surface area contributed by atoms with Gasteiger partial charge in [0.25, 0.3) is 5.91 Å². The van der Waals surface area contributed by atoms with E-state index in [1.54, 1.807) is 13.0 Å². The Bertz CT molecular complexity index is 883. The Morgan fingerprint density at radius 3 is 2.67 bits per heavy atom. The first-order chi connectivity index (χ1) is 11.6. The zero-order valence-corrected chi connectivity index (χ0v) is 13.6. The van der Waals surface area contributed by atoms with Gasteiger partial charge in [-0.15, -0.1) is 0 Å². The lowest BCUT2D eigenvalue weighted by Crippen LogP contribution is -2.34. The summed E-state index contributed by atoms with van der Waals surface area (Å²) in [5.41, 5.74) is 3.40. The van der Waals surface area contributed by atoms with Crippen molar-refractivity contribution in [3.63, 3.8) is 0 Å². The predicted molar refractivity (Wildman–Crippen MR) is 96.2 cm³/mol. The van der Waals surface area contributed by atoms with Crippen LogP contribution in [0.15, 0.2) is 64.1 Å². The van der Waals surface area contributed by atoms with Crippen molar-refractivity contribution in [1.29, 1.82) is 0 Å². The molecular formula is C19H19N3O2. The van der Waals surface area contributed by atoms with Gasteiger partial charge in [0.1, 0.15) is 17.6 Å². The molecule has 1 unspecified atom stereocenters. The van der Waals surface area contributed by atoms with Crippen molar-refractivity contribution < 1.29 is 9.21 Å². The second-order valence-corrected chi connectivity index (χ2v) is 5.61. The van der Waals surface area contributed by atoms with E-state index in [0.717, 1.165) is 16.8 Å². The fourth-order valence-electron chi connectivity index (χ4n) is 2.37. The van der Waals surface area contributed by atoms with E-state index in [-0.39, 0.29) is 5.91 Å². The number of nitrogens with zero attached hydrogens (tertiary/aromatic N) is 1. The van der Waals surface area contributed by atoms with E-state index in [4.69, 9.17) is 4.42 Å². The van der Waals surface area contributed by atoms with Crippen molar-refractivity contribution in [1.82, 2.24) is 5.43 Å². The summed E-state index contributed by atoms with van der Waals surface area (Å²) in [6.45, 7) is 3.64. The number of rotatable bonds is 5. The van der Waals surface area contributed by atoms with Gasteiger partial charge in [-0.1, -0.05) is 30.3 Å². The van der Waals surface area contributed by atoms with Crippen LogP contribution in [0.4, 0.5) is 5.69 Å². The highest BCUT2D eigenvalue weighted by molar-refractivity contribution is 5.88. The number of hydrazone groups is 1. The summed E-state index contributed by atoms with van der Waals surface area (Å²) < 4.78 is 5.35. The maximum absolute atomic E-state index is 12.1. The van der Waals surface area contributed by atoms with Crippen LogP contribution in [0.1, 0.15) is 18.4 Å². The molecule has 0 fully saturated rings. The molecule has 0 saturated heterocycles. The summed E-state index contributed by atoms with van der Waals surface area (Å²) in [5, 5.41) is 9.38. The van der Waals surface area contributed by atoms with Crippen molar-refractivity contribution in [2.45, 2.75) is 19.9 Å². The molecule has 0 bridgehead atoms. The Labute approximate surface area is 140 Å². The molecule has 0 spiro atoms. The van der Waals surface area contributed by atoms with Gasteiger partial charge in [-0.3, -0.25) is 4.79 Å². The monoisotopic (exact) mass is 321 g/mol. The van der Waals surface area contributed by atoms with E-state index >= 15 is 0 Å². The first-order valence-electron chi connectivity index (χ1n) is 7.76. The molecular weight excluding hydrogens is 302 g/mol. The van der Waals surface area contributed by atoms with Crippen LogP contribution in [0.25, 0.3) is 10.8 Å². The average Bonchev–Trinajstić information content (AvgIpc) is 3.00. The summed E-state index contributed by atoms with van der Waals surface area (Å²) in [6, 6.07) is 17.3. The third-order valence-corrected chi connectivity index (χ3v) is 3.65. The van der Waals surface area contributed by atoms with Crippen LogP contribution in [0.5, 0.6) is 0 Å². The van der Waals surface area contributed by atoms with Crippen molar-refractivity contribution in [2.24, 2.45) is 5.10 Å². The van der Waals surface area contributed by atoms with E-state index in [2.05, 4.69) is 21.9 Å². The molecule has 2 aromatic carbocycles. The van der Waals surface area contributed by atoms with E-state index in [9.17, 15) is 4.79 Å². The smallest absolute Gasteiger partial charge is 0.262 e. The standard InChI is InChI=1S/C19H19N3O2/c1-13-7-10-18(24-13)12-20-22-19(23)14(2)21-17-9-8-15-5-3-4-6-16(15)11-17/h3-12,14,21H,1-2H3,(H,22,23)/b20-12+. The van der Waals surface area contributed by atoms with E-state index in [0.29, 0.717) is 5.76 Å². The third-order valence-electron chi connectivity index (χ3n) is 3.65. The maximum atomic E-state index is 12.1. The van der Waals surface area contributed by atoms with Crippen LogP contribution in [0, 0.1) is 6.92 Å². The average molecular weight is 321 g/mol. The lowest BCUT2D eigenvalue weighted by Gasteiger charge is -2.14. The molecule has 1 atom stereocenters. The van der Waals surface area contributed by atoms with Gasteiger partial charge < -0.3 is 9.73 Å². The minimum atomic E-state index is -0.415. The number of amides is 1. The predicted octanol–water partition coefficient (Wildman–Crippen LogP) is 3.69. The largest absolute Gasteiger partial charge is 0.460 e. The van der Waals surface area contributed by atoms with Crippen LogP contribution < -0.4 is 10.7 Å². The first-order valence-corrected chi connectivity index (χ1v) is 7.76. The number of nitrogens with one attached hydrogen (secondary N) is 2. The normalized spacial score (nSPS) is 12.4. The molecule has 5 heteroatoms. The maximum Gasteiger partial charge on any atom is 0.262 e. The number of fused-ring (bicyclic) bond motifs is 1. The minimum absolute atomic E-state index is 0.220. The van der Waals surface area contributed by atoms with Crippen molar-refractivity contribution in [2.75, 3.05) is 5.32 Å². The molecule has 3 rings (SSSR count). The Morgan fingerprint density at radius 1 is 1.12 bits per heavy atom. The van der Waals surface area contributed by atoms with E-state index < -0.39 is 6.04 Å². The van der Waals surface area contributed by atoms with Gasteiger partial charge in [0.05, 0.1) is 6.21 Å². The number of aryl methyl sites for hydroxylation is 1. The Morgan fingerprint density at radius 2 is 1.92 bits per heavy atom. The second-order valence-electron chi connectivity index (χ2n) is 5.61. The highest BCUT2D eigenvalue weighted by Crippen LogP contribution is 2.19. The lowest BCUT2D eigenvalue weighted by atomic mass is 10.1. The van der Waals surface area contributed by atoms with Crippen molar-refractivity contribution >= 4 is 28.6 Å². The third kappa shape index (κ3) is 3.81. The molecule has 3 aromatic rings. The number of hydrogen-bond acceptors (Lipinski definition) is 4. The van der Waals surface area contributed by atoms with Crippen LogP contribution in [-0.4, -0.2) is 18.2 Å². The van der Waals surface area contributed by atoms with Gasteiger partial charge in [-0.25, -0.2) is 5.43 Å². The van der Waals surface area contributed by atoms with Gasteiger partial charge in [-0.05, 0) is 48.9 Å². The molecule has 2 N–H and O–H groups in total. The van der Waals surface area contributed by atoms with Gasteiger partial charge in [0.2, 0.25) is 0 Å². The zero-order chi connectivity index (χ0) is 16.9.